The van der Waals surface area contributed by atoms with Crippen LogP contribution < -0.4 is 11.1 Å². The first kappa shape index (κ1) is 17.7. The van der Waals surface area contributed by atoms with Gasteiger partial charge in [0, 0.05) is 17.4 Å². The van der Waals surface area contributed by atoms with E-state index in [0.717, 1.165) is 17.8 Å². The summed E-state index contributed by atoms with van der Waals surface area (Å²) in [5.41, 5.74) is 10.5. The number of hydrogen-bond acceptors (Lipinski definition) is 2. The molecule has 0 aliphatic rings. The summed E-state index contributed by atoms with van der Waals surface area (Å²) in [5, 5.41) is 7.55. The number of aliphatic imine (C=N–C) groups is 1. The van der Waals surface area contributed by atoms with Gasteiger partial charge in [-0.25, -0.2) is 4.99 Å². The van der Waals surface area contributed by atoms with E-state index in [9.17, 15) is 0 Å². The molecule has 0 unspecified atom stereocenters. The topological polar surface area (TPSA) is 68.2 Å². The predicted octanol–water partition coefficient (Wildman–Crippen LogP) is 3.98. The third kappa shape index (κ3) is 4.96. The summed E-state index contributed by atoms with van der Waals surface area (Å²) in [5.74, 6) is 0.882. The van der Waals surface area contributed by atoms with Gasteiger partial charge in [-0.15, -0.1) is 0 Å². The van der Waals surface area contributed by atoms with Gasteiger partial charge in [-0.05, 0) is 29.2 Å². The van der Waals surface area contributed by atoms with Gasteiger partial charge in [-0.1, -0.05) is 56.3 Å². The number of nitrogens with two attached hydrogens (primary N) is 1. The summed E-state index contributed by atoms with van der Waals surface area (Å²) in [6, 6.07) is 18.5. The molecular formula is C21H25N5. The predicted molar refractivity (Wildman–Crippen MR) is 107 cm³/mol. The van der Waals surface area contributed by atoms with E-state index in [2.05, 4.69) is 53.5 Å². The van der Waals surface area contributed by atoms with Gasteiger partial charge in [-0.2, -0.15) is 5.10 Å². The summed E-state index contributed by atoms with van der Waals surface area (Å²) in [6.07, 6.45) is 3.84. The lowest BCUT2D eigenvalue weighted by Gasteiger charge is -2.09. The van der Waals surface area contributed by atoms with E-state index >= 15 is 0 Å². The van der Waals surface area contributed by atoms with E-state index in [1.165, 1.54) is 11.1 Å². The number of rotatable bonds is 6. The Morgan fingerprint density at radius 1 is 1.12 bits per heavy atom. The van der Waals surface area contributed by atoms with E-state index in [4.69, 9.17) is 5.73 Å². The zero-order valence-corrected chi connectivity index (χ0v) is 15.3. The average Bonchev–Trinajstić information content (AvgIpc) is 3.08. The first-order valence-corrected chi connectivity index (χ1v) is 8.82. The van der Waals surface area contributed by atoms with Crippen molar-refractivity contribution in [3.63, 3.8) is 0 Å². The first-order valence-electron chi connectivity index (χ1n) is 8.82. The number of guanidine groups is 1. The van der Waals surface area contributed by atoms with Crippen LogP contribution in [0.25, 0.3) is 0 Å². The van der Waals surface area contributed by atoms with Crippen LogP contribution in [0.1, 0.15) is 36.5 Å². The van der Waals surface area contributed by atoms with Gasteiger partial charge < -0.3 is 11.1 Å². The molecule has 0 fully saturated rings. The molecule has 3 rings (SSSR count). The lowest BCUT2D eigenvalue weighted by molar-refractivity contribution is 0.686. The first-order chi connectivity index (χ1) is 12.6. The maximum atomic E-state index is 6.02. The Morgan fingerprint density at radius 3 is 2.69 bits per heavy atom. The molecule has 134 valence electrons. The van der Waals surface area contributed by atoms with Crippen LogP contribution in [0, 0.1) is 0 Å². The molecule has 0 aliphatic carbocycles. The summed E-state index contributed by atoms with van der Waals surface area (Å²) < 4.78 is 1.91. The van der Waals surface area contributed by atoms with E-state index in [1.807, 2.05) is 47.4 Å². The Bertz CT molecular complexity index is 865. The molecular weight excluding hydrogens is 322 g/mol. The summed E-state index contributed by atoms with van der Waals surface area (Å²) >= 11 is 0. The highest BCUT2D eigenvalue weighted by molar-refractivity contribution is 5.92. The largest absolute Gasteiger partial charge is 0.370 e. The van der Waals surface area contributed by atoms with Gasteiger partial charge in [0.25, 0.3) is 0 Å². The van der Waals surface area contributed by atoms with Crippen molar-refractivity contribution in [2.75, 3.05) is 5.32 Å². The zero-order chi connectivity index (χ0) is 18.4. The summed E-state index contributed by atoms with van der Waals surface area (Å²) in [6.45, 7) is 5.59. The van der Waals surface area contributed by atoms with Gasteiger partial charge in [0.05, 0.1) is 19.3 Å². The fourth-order valence-electron chi connectivity index (χ4n) is 2.68. The molecule has 3 aromatic rings. The Kier molecular flexibility index (Phi) is 5.69. The molecule has 26 heavy (non-hydrogen) atoms. The van der Waals surface area contributed by atoms with Crippen LogP contribution in [0.5, 0.6) is 0 Å². The molecule has 2 aromatic carbocycles. The molecule has 1 aromatic heterocycles. The van der Waals surface area contributed by atoms with Crippen molar-refractivity contribution < 1.29 is 0 Å². The van der Waals surface area contributed by atoms with Crippen molar-refractivity contribution in [2.45, 2.75) is 32.9 Å². The minimum atomic E-state index is 0.404. The Labute approximate surface area is 154 Å². The fourth-order valence-corrected chi connectivity index (χ4v) is 2.68. The van der Waals surface area contributed by atoms with E-state index in [1.54, 1.807) is 0 Å². The molecule has 3 N–H and O–H groups in total. The quantitative estimate of drug-likeness (QED) is 0.523. The molecule has 0 radical (unpaired) electrons. The molecule has 5 nitrogen and oxygen atoms in total. The monoisotopic (exact) mass is 347 g/mol. The van der Waals surface area contributed by atoms with Crippen molar-refractivity contribution in [1.82, 2.24) is 9.78 Å². The Hall–Kier alpha value is -3.08. The lowest BCUT2D eigenvalue weighted by Crippen LogP contribution is -2.22. The molecule has 0 aliphatic heterocycles. The van der Waals surface area contributed by atoms with Crippen molar-refractivity contribution in [3.8, 4) is 0 Å². The fraction of sp³-hybridized carbons (Fsp3) is 0.238. The second-order valence-electron chi connectivity index (χ2n) is 6.64. The molecule has 0 spiro atoms. The Morgan fingerprint density at radius 2 is 1.92 bits per heavy atom. The van der Waals surface area contributed by atoms with Crippen LogP contribution in [0.4, 0.5) is 5.69 Å². The smallest absolute Gasteiger partial charge is 0.193 e. The normalized spacial score (nSPS) is 11.7. The van der Waals surface area contributed by atoms with Crippen LogP contribution in [-0.4, -0.2) is 15.7 Å². The van der Waals surface area contributed by atoms with Gasteiger partial charge in [0.2, 0.25) is 0 Å². The number of hydrogen-bond donors (Lipinski definition) is 2. The lowest BCUT2D eigenvalue weighted by atomic mass is 10.0. The summed E-state index contributed by atoms with van der Waals surface area (Å²) in [7, 11) is 0. The number of aromatic nitrogens is 2. The third-order valence-corrected chi connectivity index (χ3v) is 4.13. The molecule has 5 heteroatoms. The Balaban J connectivity index is 1.58. The number of anilines is 1. The number of benzene rings is 2. The standard InChI is InChI=1S/C21H25N5/c1-16(2)19-9-6-10-20(11-19)25-21(22)23-12-18-13-24-26(15-18)14-17-7-4-3-5-8-17/h3-11,13,15-16H,12,14H2,1-2H3,(H3,22,23,25). The average molecular weight is 347 g/mol. The zero-order valence-electron chi connectivity index (χ0n) is 15.3. The van der Waals surface area contributed by atoms with E-state index in [0.29, 0.717) is 18.4 Å². The van der Waals surface area contributed by atoms with Crippen molar-refractivity contribution in [3.05, 3.63) is 83.7 Å². The molecule has 0 saturated heterocycles. The minimum absolute atomic E-state index is 0.404. The van der Waals surface area contributed by atoms with Crippen molar-refractivity contribution >= 4 is 11.6 Å². The van der Waals surface area contributed by atoms with Gasteiger partial charge in [0.1, 0.15) is 0 Å². The molecule has 0 bridgehead atoms. The van der Waals surface area contributed by atoms with Crippen LogP contribution >= 0.6 is 0 Å². The highest BCUT2D eigenvalue weighted by Crippen LogP contribution is 2.18. The molecule has 0 amide bonds. The molecule has 0 saturated carbocycles. The third-order valence-electron chi connectivity index (χ3n) is 4.13. The van der Waals surface area contributed by atoms with Crippen LogP contribution in [0.2, 0.25) is 0 Å². The highest BCUT2D eigenvalue weighted by atomic mass is 15.3. The molecule has 1 heterocycles. The van der Waals surface area contributed by atoms with E-state index in [-0.39, 0.29) is 0 Å². The van der Waals surface area contributed by atoms with Crippen LogP contribution in [-0.2, 0) is 13.1 Å². The number of nitrogens with one attached hydrogen (secondary N) is 1. The highest BCUT2D eigenvalue weighted by Gasteiger charge is 2.02. The SMILES string of the molecule is CC(C)c1cccc(NC(N)=NCc2cnn(Cc3ccccc3)c2)c1. The maximum absolute atomic E-state index is 6.02. The van der Waals surface area contributed by atoms with Crippen LogP contribution in [0.3, 0.4) is 0 Å². The van der Waals surface area contributed by atoms with Crippen LogP contribution in [0.15, 0.2) is 72.0 Å². The minimum Gasteiger partial charge on any atom is -0.370 e. The van der Waals surface area contributed by atoms with Crippen molar-refractivity contribution in [2.24, 2.45) is 10.7 Å². The maximum Gasteiger partial charge on any atom is 0.193 e. The van der Waals surface area contributed by atoms with Gasteiger partial charge in [-0.3, -0.25) is 4.68 Å². The van der Waals surface area contributed by atoms with Gasteiger partial charge in [0.15, 0.2) is 5.96 Å². The second kappa shape index (κ2) is 8.34. The number of nitrogens with zero attached hydrogens (tertiary/aromatic N) is 3. The summed E-state index contributed by atoms with van der Waals surface area (Å²) in [4.78, 5) is 4.41. The van der Waals surface area contributed by atoms with Gasteiger partial charge >= 0.3 is 0 Å². The van der Waals surface area contributed by atoms with Crippen molar-refractivity contribution in [1.29, 1.82) is 0 Å². The van der Waals surface area contributed by atoms with E-state index < -0.39 is 0 Å². The second-order valence-corrected chi connectivity index (χ2v) is 6.64. The molecule has 0 atom stereocenters.